The molecule has 2 nitrogen and oxygen atoms in total. The van der Waals surface area contributed by atoms with E-state index in [0.29, 0.717) is 14.1 Å². The maximum atomic E-state index is 13.7. The van der Waals surface area contributed by atoms with Crippen molar-refractivity contribution in [3.63, 3.8) is 0 Å². The van der Waals surface area contributed by atoms with Crippen LogP contribution in [0.15, 0.2) is 53.2 Å². The highest BCUT2D eigenvalue weighted by Crippen LogP contribution is 2.45. The molecule has 25 heavy (non-hydrogen) atoms. The van der Waals surface area contributed by atoms with E-state index in [1.54, 1.807) is 19.2 Å². The Morgan fingerprint density at radius 3 is 2.48 bits per heavy atom. The van der Waals surface area contributed by atoms with Gasteiger partial charge < -0.3 is 5.73 Å². The molecule has 1 aliphatic heterocycles. The Kier molecular flexibility index (Phi) is 5.15. The number of halogens is 1. The summed E-state index contributed by atoms with van der Waals surface area (Å²) in [5.74, 6) is -0.169. The molecular formula is C21H22FN2P. The van der Waals surface area contributed by atoms with E-state index >= 15 is 0 Å². The van der Waals surface area contributed by atoms with Crippen molar-refractivity contribution >= 4 is 31.4 Å². The van der Waals surface area contributed by atoms with Crippen molar-refractivity contribution in [3.8, 4) is 0 Å². The number of aryl methyl sites for hydroxylation is 2. The van der Waals surface area contributed by atoms with Crippen LogP contribution in [0, 0.1) is 19.7 Å². The first-order valence-electron chi connectivity index (χ1n) is 8.30. The molecule has 1 heterocycles. The molecule has 0 aliphatic carbocycles. The van der Waals surface area contributed by atoms with Crippen molar-refractivity contribution in [1.82, 2.24) is 0 Å². The van der Waals surface area contributed by atoms with Crippen LogP contribution in [-0.2, 0) is 0 Å². The molecule has 1 aliphatic rings. The SMILES string of the molecule is CC=Nc1ccc(C2=C(c3ccc(F)c(C)c3)PCC(N)=C2)cc1C. The summed E-state index contributed by atoms with van der Waals surface area (Å²) >= 11 is 0. The Bertz CT molecular complexity index is 910. The fourth-order valence-electron chi connectivity index (χ4n) is 2.99. The van der Waals surface area contributed by atoms with E-state index in [1.165, 1.54) is 5.31 Å². The van der Waals surface area contributed by atoms with Gasteiger partial charge in [-0.2, -0.15) is 0 Å². The lowest BCUT2D eigenvalue weighted by molar-refractivity contribution is 0.618. The number of hydrogen-bond acceptors (Lipinski definition) is 2. The Balaban J connectivity index is 2.15. The zero-order valence-corrected chi connectivity index (χ0v) is 15.7. The summed E-state index contributed by atoms with van der Waals surface area (Å²) in [5.41, 5.74) is 13.1. The molecule has 0 aromatic heterocycles. The molecule has 0 spiro atoms. The highest BCUT2D eigenvalue weighted by atomic mass is 31.1. The molecule has 0 amide bonds. The number of nitrogens with two attached hydrogens (primary N) is 1. The zero-order valence-electron chi connectivity index (χ0n) is 14.7. The molecule has 0 saturated carbocycles. The predicted molar refractivity (Wildman–Crippen MR) is 108 cm³/mol. The molecule has 0 fully saturated rings. The van der Waals surface area contributed by atoms with Gasteiger partial charge >= 0.3 is 0 Å². The standard InChI is InChI=1S/C21H22FN2P/c1-4-24-20-8-6-15(10-14(20)3)18-11-17(23)12-25-21(18)16-5-7-19(22)13(2)9-16/h4-11,25H,12,23H2,1-3H3. The molecule has 2 aromatic rings. The molecule has 2 N–H and O–H groups in total. The molecule has 2 aromatic carbocycles. The van der Waals surface area contributed by atoms with E-state index in [1.807, 2.05) is 25.1 Å². The van der Waals surface area contributed by atoms with E-state index in [2.05, 4.69) is 30.1 Å². The Labute approximate surface area is 150 Å². The van der Waals surface area contributed by atoms with Gasteiger partial charge in [-0.1, -0.05) is 20.7 Å². The summed E-state index contributed by atoms with van der Waals surface area (Å²) in [7, 11) is 0.578. The molecule has 1 unspecified atom stereocenters. The molecule has 128 valence electrons. The lowest BCUT2D eigenvalue weighted by Gasteiger charge is -2.20. The van der Waals surface area contributed by atoms with E-state index < -0.39 is 0 Å². The highest BCUT2D eigenvalue weighted by molar-refractivity contribution is 7.51. The average Bonchev–Trinajstić information content (AvgIpc) is 2.59. The second kappa shape index (κ2) is 7.33. The van der Waals surface area contributed by atoms with Gasteiger partial charge in [0.2, 0.25) is 0 Å². The Morgan fingerprint density at radius 2 is 1.80 bits per heavy atom. The Morgan fingerprint density at radius 1 is 1.08 bits per heavy atom. The van der Waals surface area contributed by atoms with Crippen molar-refractivity contribution in [2.75, 3.05) is 6.16 Å². The summed E-state index contributed by atoms with van der Waals surface area (Å²) < 4.78 is 13.7. The first-order chi connectivity index (χ1) is 12.0. The van der Waals surface area contributed by atoms with E-state index in [0.717, 1.165) is 39.8 Å². The third-order valence-electron chi connectivity index (χ3n) is 4.29. The van der Waals surface area contributed by atoms with Gasteiger partial charge in [0, 0.05) is 18.1 Å². The minimum Gasteiger partial charge on any atom is -0.402 e. The topological polar surface area (TPSA) is 38.4 Å². The Hall–Kier alpha value is -2.25. The van der Waals surface area contributed by atoms with Gasteiger partial charge in [0.25, 0.3) is 0 Å². The second-order valence-electron chi connectivity index (χ2n) is 6.21. The van der Waals surface area contributed by atoms with E-state index in [9.17, 15) is 4.39 Å². The summed E-state index contributed by atoms with van der Waals surface area (Å²) in [6, 6.07) is 11.6. The number of rotatable bonds is 3. The molecule has 4 heteroatoms. The predicted octanol–water partition coefficient (Wildman–Crippen LogP) is 5.57. The fourth-order valence-corrected chi connectivity index (χ4v) is 4.24. The van der Waals surface area contributed by atoms with Gasteiger partial charge in [-0.05, 0) is 84.3 Å². The molecule has 0 bridgehead atoms. The van der Waals surface area contributed by atoms with Crippen LogP contribution in [0.4, 0.5) is 10.1 Å². The van der Waals surface area contributed by atoms with Crippen molar-refractivity contribution in [1.29, 1.82) is 0 Å². The fraction of sp³-hybridized carbons (Fsp3) is 0.190. The van der Waals surface area contributed by atoms with Gasteiger partial charge in [0.1, 0.15) is 5.82 Å². The number of benzene rings is 2. The largest absolute Gasteiger partial charge is 0.402 e. The van der Waals surface area contributed by atoms with Gasteiger partial charge in [-0.25, -0.2) is 4.39 Å². The lowest BCUT2D eigenvalue weighted by atomic mass is 9.98. The van der Waals surface area contributed by atoms with Crippen LogP contribution in [0.25, 0.3) is 10.9 Å². The summed E-state index contributed by atoms with van der Waals surface area (Å²) in [4.78, 5) is 4.38. The maximum absolute atomic E-state index is 13.7. The maximum Gasteiger partial charge on any atom is 0.126 e. The molecular weight excluding hydrogens is 330 g/mol. The number of aliphatic imine (C=N–C) groups is 1. The average molecular weight is 352 g/mol. The van der Waals surface area contributed by atoms with Gasteiger partial charge in [0.15, 0.2) is 0 Å². The highest BCUT2D eigenvalue weighted by Gasteiger charge is 2.16. The van der Waals surface area contributed by atoms with Crippen LogP contribution in [-0.4, -0.2) is 12.4 Å². The van der Waals surface area contributed by atoms with Crippen molar-refractivity contribution in [2.45, 2.75) is 20.8 Å². The summed E-state index contributed by atoms with van der Waals surface area (Å²) in [5, 5.41) is 1.24. The van der Waals surface area contributed by atoms with Gasteiger partial charge in [0.05, 0.1) is 5.69 Å². The number of hydrogen-bond donors (Lipinski definition) is 1. The first-order valence-corrected chi connectivity index (χ1v) is 9.50. The zero-order chi connectivity index (χ0) is 18.0. The monoisotopic (exact) mass is 352 g/mol. The number of nitrogens with zero attached hydrogens (tertiary/aromatic N) is 1. The minimum atomic E-state index is -0.169. The van der Waals surface area contributed by atoms with Crippen molar-refractivity contribution in [2.24, 2.45) is 10.7 Å². The van der Waals surface area contributed by atoms with E-state index in [-0.39, 0.29) is 5.82 Å². The quantitative estimate of drug-likeness (QED) is 0.569. The third kappa shape index (κ3) is 3.72. The first kappa shape index (κ1) is 17.6. The van der Waals surface area contributed by atoms with E-state index in [4.69, 9.17) is 5.73 Å². The molecule has 3 rings (SSSR count). The smallest absolute Gasteiger partial charge is 0.126 e. The van der Waals surface area contributed by atoms with Crippen molar-refractivity contribution < 1.29 is 4.39 Å². The van der Waals surface area contributed by atoms with Crippen LogP contribution in [0.3, 0.4) is 0 Å². The molecule has 1 atom stereocenters. The molecule has 0 radical (unpaired) electrons. The minimum absolute atomic E-state index is 0.169. The normalized spacial score (nSPS) is 15.9. The van der Waals surface area contributed by atoms with Gasteiger partial charge in [-0.3, -0.25) is 4.99 Å². The van der Waals surface area contributed by atoms with Gasteiger partial charge in [-0.15, -0.1) is 0 Å². The summed E-state index contributed by atoms with van der Waals surface area (Å²) in [6.07, 6.45) is 4.71. The van der Waals surface area contributed by atoms with Crippen LogP contribution in [0.5, 0.6) is 0 Å². The summed E-state index contributed by atoms with van der Waals surface area (Å²) in [6.45, 7) is 5.78. The number of allylic oxidation sites excluding steroid dienone is 3. The van der Waals surface area contributed by atoms with Crippen LogP contribution in [0.1, 0.15) is 29.2 Å². The van der Waals surface area contributed by atoms with Crippen LogP contribution >= 0.6 is 8.58 Å². The molecule has 0 saturated heterocycles. The second-order valence-corrected chi connectivity index (χ2v) is 7.42. The lowest BCUT2D eigenvalue weighted by Crippen LogP contribution is -2.05. The van der Waals surface area contributed by atoms with Crippen molar-refractivity contribution in [3.05, 3.63) is 76.2 Å². The third-order valence-corrected chi connectivity index (χ3v) is 5.79. The van der Waals surface area contributed by atoms with Crippen LogP contribution in [0.2, 0.25) is 0 Å². The van der Waals surface area contributed by atoms with Crippen LogP contribution < -0.4 is 5.73 Å².